The Kier molecular flexibility index (Phi) is 17.0. The number of ether oxygens (including phenoxy) is 3. The van der Waals surface area contributed by atoms with Gasteiger partial charge in [0, 0.05) is 46.4 Å². The molecule has 314 valence electrons. The van der Waals surface area contributed by atoms with Gasteiger partial charge in [0.15, 0.2) is 0 Å². The minimum Gasteiger partial charge on any atom is -0.480 e. The molecule has 3 N–H and O–H groups in total. The van der Waals surface area contributed by atoms with Gasteiger partial charge in [0.2, 0.25) is 17.7 Å². The van der Waals surface area contributed by atoms with Crippen LogP contribution < -0.4 is 15.4 Å². The Labute approximate surface area is 334 Å². The second-order valence-electron chi connectivity index (χ2n) is 15.4. The Hall–Kier alpha value is -5.09. The van der Waals surface area contributed by atoms with E-state index in [-0.39, 0.29) is 42.0 Å². The van der Waals surface area contributed by atoms with Crippen LogP contribution in [0.1, 0.15) is 72.8 Å². The largest absolute Gasteiger partial charge is 0.480 e. The molecule has 1 heterocycles. The molecule has 8 atom stereocenters. The zero-order valence-corrected chi connectivity index (χ0v) is 34.4. The van der Waals surface area contributed by atoms with Crippen molar-refractivity contribution in [1.82, 2.24) is 20.4 Å². The summed E-state index contributed by atoms with van der Waals surface area (Å²) >= 11 is 0. The molecule has 0 bridgehead atoms. The first-order valence-corrected chi connectivity index (χ1v) is 19.3. The first-order chi connectivity index (χ1) is 26.9. The molecule has 16 nitrogen and oxygen atoms in total. The normalized spacial score (nSPS) is 18.3. The average molecular weight is 798 g/mol. The summed E-state index contributed by atoms with van der Waals surface area (Å²) in [6.07, 6.45) is -0.569. The number of nitro benzene ring substituents is 1. The molecule has 0 radical (unpaired) electrons. The molecule has 1 fully saturated rings. The molecule has 3 rings (SSSR count). The third-order valence-electron chi connectivity index (χ3n) is 11.0. The molecule has 1 aliphatic rings. The first-order valence-electron chi connectivity index (χ1n) is 19.3. The van der Waals surface area contributed by atoms with E-state index in [0.29, 0.717) is 25.8 Å². The van der Waals surface area contributed by atoms with Gasteiger partial charge in [0.1, 0.15) is 17.3 Å². The number of aliphatic carboxylic acids is 1. The van der Waals surface area contributed by atoms with Crippen molar-refractivity contribution in [3.63, 3.8) is 0 Å². The number of methoxy groups -OCH3 is 2. The molecule has 0 aliphatic carbocycles. The summed E-state index contributed by atoms with van der Waals surface area (Å²) in [5.41, 5.74) is -1.01. The number of carboxylic acid groups (broad SMARTS) is 1. The van der Waals surface area contributed by atoms with Crippen molar-refractivity contribution < 1.29 is 48.2 Å². The number of likely N-dealkylation sites (tertiary alicyclic amines) is 1. The molecular formula is C41H59N5O11. The van der Waals surface area contributed by atoms with E-state index in [1.807, 2.05) is 19.9 Å². The molecule has 0 saturated carbocycles. The standard InChI is InChI=1S/C41H59N5O11/c1-10-26(4)35(44(7)38(49)34(25(2)3)42-40(52)57-30-20-18-29(19-21-30)46(53)54)32(55-8)23-33(47)45-22-14-17-31(45)36(56-9)27(5)37(48)43-41(6,39(50)51)24-28-15-12-11-13-16-28/h11-13,15-16,18-21,25-27,31-32,34-36H,10,14,17,22-24H2,1-9H3,(H,42,52)(H,43,48)(H,50,51)/t26-,27+,31-,32+,34-,35-,36+,41?/m0/s1. The minimum atomic E-state index is -1.59. The van der Waals surface area contributed by atoms with E-state index in [4.69, 9.17) is 14.2 Å². The van der Waals surface area contributed by atoms with Crippen molar-refractivity contribution in [3.8, 4) is 5.75 Å². The van der Waals surface area contributed by atoms with Gasteiger partial charge in [-0.25, -0.2) is 9.59 Å². The molecule has 2 aromatic rings. The highest BCUT2D eigenvalue weighted by atomic mass is 16.6. The number of nitrogens with one attached hydrogen (secondary N) is 2. The number of rotatable bonds is 20. The van der Waals surface area contributed by atoms with Crippen LogP contribution in [0.4, 0.5) is 10.5 Å². The molecule has 57 heavy (non-hydrogen) atoms. The van der Waals surface area contributed by atoms with Crippen LogP contribution in [0.25, 0.3) is 0 Å². The van der Waals surface area contributed by atoms with Gasteiger partial charge in [-0.1, -0.05) is 71.4 Å². The lowest BCUT2D eigenvalue weighted by Gasteiger charge is -2.40. The Morgan fingerprint density at radius 3 is 2.18 bits per heavy atom. The Balaban J connectivity index is 1.76. The summed E-state index contributed by atoms with van der Waals surface area (Å²) in [4.78, 5) is 80.9. The fraction of sp³-hybridized carbons (Fsp3) is 0.585. The van der Waals surface area contributed by atoms with Crippen molar-refractivity contribution in [2.75, 3.05) is 27.8 Å². The fourth-order valence-electron chi connectivity index (χ4n) is 7.50. The number of benzene rings is 2. The molecule has 0 spiro atoms. The summed E-state index contributed by atoms with van der Waals surface area (Å²) in [7, 11) is 4.55. The lowest BCUT2D eigenvalue weighted by Crippen LogP contribution is -2.58. The van der Waals surface area contributed by atoms with Crippen LogP contribution in [0.15, 0.2) is 54.6 Å². The summed E-state index contributed by atoms with van der Waals surface area (Å²) in [6.45, 7) is 11.0. The number of nitro groups is 1. The van der Waals surface area contributed by atoms with E-state index in [0.717, 1.165) is 5.56 Å². The van der Waals surface area contributed by atoms with E-state index in [9.17, 15) is 39.2 Å². The topological polar surface area (TPSA) is 207 Å². The second-order valence-corrected chi connectivity index (χ2v) is 15.4. The van der Waals surface area contributed by atoms with E-state index < -0.39 is 70.6 Å². The van der Waals surface area contributed by atoms with Crippen molar-refractivity contribution in [3.05, 3.63) is 70.3 Å². The number of nitrogens with zero attached hydrogens (tertiary/aromatic N) is 3. The maximum absolute atomic E-state index is 14.2. The van der Waals surface area contributed by atoms with Gasteiger partial charge in [-0.15, -0.1) is 0 Å². The van der Waals surface area contributed by atoms with Crippen LogP contribution >= 0.6 is 0 Å². The van der Waals surface area contributed by atoms with Crippen molar-refractivity contribution >= 4 is 35.5 Å². The van der Waals surface area contributed by atoms with Crippen molar-refractivity contribution in [2.24, 2.45) is 17.8 Å². The number of carbonyl (C=O) groups excluding carboxylic acids is 4. The second kappa shape index (κ2) is 20.9. The molecule has 1 saturated heterocycles. The van der Waals surface area contributed by atoms with E-state index in [2.05, 4.69) is 10.6 Å². The van der Waals surface area contributed by atoms with Gasteiger partial charge in [0.05, 0.1) is 41.6 Å². The highest BCUT2D eigenvalue weighted by Crippen LogP contribution is 2.30. The molecule has 0 aromatic heterocycles. The highest BCUT2D eigenvalue weighted by Gasteiger charge is 2.44. The van der Waals surface area contributed by atoms with Crippen molar-refractivity contribution in [2.45, 2.75) is 110 Å². The number of hydrogen-bond acceptors (Lipinski definition) is 10. The molecule has 1 aliphatic heterocycles. The van der Waals surface area contributed by atoms with Crippen LogP contribution in [-0.2, 0) is 35.1 Å². The lowest BCUT2D eigenvalue weighted by molar-refractivity contribution is -0.384. The minimum absolute atomic E-state index is 0.0598. The van der Waals surface area contributed by atoms with E-state index >= 15 is 0 Å². The van der Waals surface area contributed by atoms with Gasteiger partial charge in [-0.2, -0.15) is 0 Å². The number of carboxylic acids is 1. The third-order valence-corrected chi connectivity index (χ3v) is 11.0. The van der Waals surface area contributed by atoms with E-state index in [1.54, 1.807) is 57.0 Å². The number of non-ortho nitro benzene ring substituents is 1. The number of hydrogen-bond donors (Lipinski definition) is 3. The lowest BCUT2D eigenvalue weighted by atomic mass is 9.89. The predicted octanol–water partition coefficient (Wildman–Crippen LogP) is 4.83. The molecular weight excluding hydrogens is 738 g/mol. The number of amides is 4. The van der Waals surface area contributed by atoms with Gasteiger partial charge >= 0.3 is 12.1 Å². The molecule has 16 heteroatoms. The maximum atomic E-state index is 14.2. The summed E-state index contributed by atoms with van der Waals surface area (Å²) in [5.74, 6) is -3.63. The first kappa shape index (κ1) is 46.3. The monoisotopic (exact) mass is 797 g/mol. The zero-order valence-electron chi connectivity index (χ0n) is 34.4. The number of carbonyl (C=O) groups is 5. The van der Waals surface area contributed by atoms with E-state index in [1.165, 1.54) is 50.3 Å². The third kappa shape index (κ3) is 12.0. The summed E-state index contributed by atoms with van der Waals surface area (Å²) < 4.78 is 17.1. The smallest absolute Gasteiger partial charge is 0.413 e. The Morgan fingerprint density at radius 1 is 1.02 bits per heavy atom. The highest BCUT2D eigenvalue weighted by molar-refractivity contribution is 5.89. The maximum Gasteiger partial charge on any atom is 0.413 e. The Morgan fingerprint density at radius 2 is 1.65 bits per heavy atom. The van der Waals surface area contributed by atoms with Gasteiger partial charge in [-0.3, -0.25) is 24.5 Å². The van der Waals surface area contributed by atoms with Crippen LogP contribution in [0, 0.1) is 27.9 Å². The van der Waals surface area contributed by atoms with Gasteiger partial charge in [-0.05, 0) is 49.3 Å². The zero-order chi connectivity index (χ0) is 42.6. The van der Waals surface area contributed by atoms with Crippen LogP contribution in [0.3, 0.4) is 0 Å². The average Bonchev–Trinajstić information content (AvgIpc) is 3.66. The summed E-state index contributed by atoms with van der Waals surface area (Å²) in [6, 6.07) is 11.9. The molecule has 1 unspecified atom stereocenters. The quantitative estimate of drug-likeness (QED) is 0.122. The van der Waals surface area contributed by atoms with Crippen LogP contribution in [-0.4, -0.2) is 113 Å². The van der Waals surface area contributed by atoms with Crippen LogP contribution in [0.2, 0.25) is 0 Å². The molecule has 2 aromatic carbocycles. The van der Waals surface area contributed by atoms with Crippen LogP contribution in [0.5, 0.6) is 5.75 Å². The fourth-order valence-corrected chi connectivity index (χ4v) is 7.50. The van der Waals surface area contributed by atoms with Gasteiger partial charge in [0.25, 0.3) is 5.69 Å². The predicted molar refractivity (Wildman–Crippen MR) is 211 cm³/mol. The number of likely N-dealkylation sites (N-methyl/N-ethyl adjacent to an activating group) is 1. The molecule has 4 amide bonds. The summed E-state index contributed by atoms with van der Waals surface area (Å²) in [5, 5.41) is 26.5. The van der Waals surface area contributed by atoms with Crippen molar-refractivity contribution in [1.29, 1.82) is 0 Å². The SMILES string of the molecule is CC[C@H](C)[C@@H]([C@@H](CC(=O)N1CCC[C@H]1[C@H](OC)[C@@H](C)C(=O)NC(C)(Cc1ccccc1)C(=O)O)OC)N(C)C(=O)[C@@H](NC(=O)Oc1ccc([N+](=O)[O-])cc1)C(C)C. The Bertz CT molecular complexity index is 1690. The van der Waals surface area contributed by atoms with Gasteiger partial charge < -0.3 is 39.8 Å².